The first-order chi connectivity index (χ1) is 16.4. The van der Waals surface area contributed by atoms with Gasteiger partial charge in [-0.3, -0.25) is 14.2 Å². The summed E-state index contributed by atoms with van der Waals surface area (Å²) >= 11 is 1.55. The molecule has 1 amide bonds. The zero-order valence-electron chi connectivity index (χ0n) is 18.7. The van der Waals surface area contributed by atoms with Crippen molar-refractivity contribution in [2.24, 2.45) is 0 Å². The molecular weight excluding hydrogens is 452 g/mol. The van der Waals surface area contributed by atoms with E-state index in [1.165, 1.54) is 11.7 Å². The van der Waals surface area contributed by atoms with Gasteiger partial charge in [0.05, 0.1) is 18.0 Å². The number of esters is 1. The van der Waals surface area contributed by atoms with Gasteiger partial charge in [0.2, 0.25) is 5.54 Å². The summed E-state index contributed by atoms with van der Waals surface area (Å²) in [4.78, 5) is 50.8. The lowest BCUT2D eigenvalue weighted by Crippen LogP contribution is -2.68. The maximum absolute atomic E-state index is 14.3. The highest BCUT2D eigenvalue weighted by molar-refractivity contribution is 8.00. The van der Waals surface area contributed by atoms with Crippen molar-refractivity contribution in [2.45, 2.75) is 23.8 Å². The van der Waals surface area contributed by atoms with E-state index in [4.69, 9.17) is 9.72 Å². The number of aromatic nitrogens is 3. The van der Waals surface area contributed by atoms with E-state index in [0.717, 1.165) is 16.5 Å². The molecule has 2 aromatic carbocycles. The zero-order valence-corrected chi connectivity index (χ0v) is 19.5. The summed E-state index contributed by atoms with van der Waals surface area (Å²) in [5.41, 5.74) is -0.171. The number of carbonyl (C=O) groups is 2. The highest BCUT2D eigenvalue weighted by Gasteiger charge is 2.63. The maximum Gasteiger partial charge on any atom is 0.342 e. The summed E-state index contributed by atoms with van der Waals surface area (Å²) in [7, 11) is 1.25. The fourth-order valence-corrected chi connectivity index (χ4v) is 6.62. The maximum atomic E-state index is 14.3. The molecule has 34 heavy (non-hydrogen) atoms. The topological polar surface area (TPSA) is 97.3 Å². The smallest absolute Gasteiger partial charge is 0.342 e. The van der Waals surface area contributed by atoms with Crippen LogP contribution in [-0.4, -0.2) is 50.7 Å². The SMILES string of the molecule is COC(=O)[C@]1(Cc2c[nH]c3ccccc23)C(=O)N2CCS[C@@]2(C)c2nc3ccccc3c(=O)n21. The van der Waals surface area contributed by atoms with Crippen molar-refractivity contribution in [1.82, 2.24) is 19.4 Å². The minimum Gasteiger partial charge on any atom is -0.467 e. The van der Waals surface area contributed by atoms with Crippen molar-refractivity contribution >= 4 is 45.4 Å². The number of nitrogens with zero attached hydrogens (tertiary/aromatic N) is 3. The van der Waals surface area contributed by atoms with Gasteiger partial charge in [0.25, 0.3) is 11.5 Å². The molecule has 0 aliphatic carbocycles. The number of benzene rings is 2. The normalized spacial score (nSPS) is 23.8. The van der Waals surface area contributed by atoms with E-state index in [0.29, 0.717) is 29.0 Å². The number of ether oxygens (including phenoxy) is 1. The summed E-state index contributed by atoms with van der Waals surface area (Å²) in [6.45, 7) is 2.35. The van der Waals surface area contributed by atoms with Crippen molar-refractivity contribution < 1.29 is 14.3 Å². The summed E-state index contributed by atoms with van der Waals surface area (Å²) in [5.74, 6) is -0.149. The van der Waals surface area contributed by atoms with Gasteiger partial charge in [0.1, 0.15) is 10.7 Å². The van der Waals surface area contributed by atoms with E-state index >= 15 is 0 Å². The average molecular weight is 475 g/mol. The number of thioether (sulfide) groups is 1. The van der Waals surface area contributed by atoms with Gasteiger partial charge in [-0.2, -0.15) is 0 Å². The molecule has 1 fully saturated rings. The van der Waals surface area contributed by atoms with E-state index < -0.39 is 27.8 Å². The number of H-pyrrole nitrogens is 1. The Morgan fingerprint density at radius 1 is 1.15 bits per heavy atom. The van der Waals surface area contributed by atoms with Crippen molar-refractivity contribution in [2.75, 3.05) is 19.4 Å². The number of hydrogen-bond donors (Lipinski definition) is 1. The zero-order chi connectivity index (χ0) is 23.7. The number of aromatic amines is 1. The van der Waals surface area contributed by atoms with Gasteiger partial charge in [0, 0.05) is 35.8 Å². The highest BCUT2D eigenvalue weighted by Crippen LogP contribution is 2.50. The molecule has 0 spiro atoms. The Bertz CT molecular complexity index is 1560. The van der Waals surface area contributed by atoms with E-state index in [9.17, 15) is 14.4 Å². The quantitative estimate of drug-likeness (QED) is 0.362. The van der Waals surface area contributed by atoms with Gasteiger partial charge in [-0.15, -0.1) is 11.8 Å². The van der Waals surface area contributed by atoms with Gasteiger partial charge in [0.15, 0.2) is 0 Å². The van der Waals surface area contributed by atoms with Crippen LogP contribution in [-0.2, 0) is 31.2 Å². The number of para-hydroxylation sites is 2. The third kappa shape index (κ3) is 2.55. The number of rotatable bonds is 3. The number of fused-ring (bicyclic) bond motifs is 5. The van der Waals surface area contributed by atoms with E-state index in [-0.39, 0.29) is 6.42 Å². The Morgan fingerprint density at radius 3 is 2.68 bits per heavy atom. The van der Waals surface area contributed by atoms with Crippen molar-refractivity contribution in [1.29, 1.82) is 0 Å². The van der Waals surface area contributed by atoms with Gasteiger partial charge >= 0.3 is 5.97 Å². The second kappa shape index (κ2) is 7.20. The Hall–Kier alpha value is -3.59. The fourth-order valence-electron chi connectivity index (χ4n) is 5.35. The third-order valence-electron chi connectivity index (χ3n) is 7.03. The molecule has 2 aliphatic rings. The van der Waals surface area contributed by atoms with Gasteiger partial charge in [-0.25, -0.2) is 9.78 Å². The predicted octanol–water partition coefficient (Wildman–Crippen LogP) is 2.75. The lowest BCUT2D eigenvalue weighted by Gasteiger charge is -2.47. The van der Waals surface area contributed by atoms with Crippen LogP contribution >= 0.6 is 11.8 Å². The minimum absolute atomic E-state index is 0.0350. The Kier molecular flexibility index (Phi) is 4.44. The molecule has 6 rings (SSSR count). The molecular formula is C25H22N4O4S. The molecule has 2 atom stereocenters. The van der Waals surface area contributed by atoms with Crippen LogP contribution in [0.2, 0.25) is 0 Å². The molecule has 9 heteroatoms. The molecule has 1 saturated heterocycles. The molecule has 8 nitrogen and oxygen atoms in total. The van der Waals surface area contributed by atoms with Gasteiger partial charge in [-0.1, -0.05) is 30.3 Å². The summed E-state index contributed by atoms with van der Waals surface area (Å²) in [6.07, 6.45) is 1.75. The molecule has 4 aromatic rings. The van der Waals surface area contributed by atoms with Crippen molar-refractivity contribution in [3.05, 3.63) is 76.5 Å². The molecule has 0 unspecified atom stereocenters. The summed E-state index contributed by atoms with van der Waals surface area (Å²) < 4.78 is 6.56. The third-order valence-corrected chi connectivity index (χ3v) is 8.38. The number of methoxy groups -OCH3 is 1. The first kappa shape index (κ1) is 21.0. The fraction of sp³-hybridized carbons (Fsp3) is 0.280. The van der Waals surface area contributed by atoms with Crippen LogP contribution < -0.4 is 5.56 Å². The minimum atomic E-state index is -1.91. The van der Waals surface area contributed by atoms with E-state index in [1.54, 1.807) is 41.1 Å². The molecule has 4 heterocycles. The first-order valence-electron chi connectivity index (χ1n) is 11.0. The monoisotopic (exact) mass is 474 g/mol. The Labute approximate surface area is 198 Å². The second-order valence-corrected chi connectivity index (χ2v) is 10.3. The molecule has 2 aliphatic heterocycles. The van der Waals surface area contributed by atoms with E-state index in [1.807, 2.05) is 37.3 Å². The first-order valence-corrected chi connectivity index (χ1v) is 12.0. The summed E-state index contributed by atoms with van der Waals surface area (Å²) in [5, 5.41) is 1.23. The average Bonchev–Trinajstić information content (AvgIpc) is 3.45. The second-order valence-electron chi connectivity index (χ2n) is 8.77. The van der Waals surface area contributed by atoms with Crippen LogP contribution in [0.15, 0.2) is 59.5 Å². The number of hydrogen-bond acceptors (Lipinski definition) is 6. The van der Waals surface area contributed by atoms with Gasteiger partial charge < -0.3 is 14.6 Å². The lowest BCUT2D eigenvalue weighted by atomic mass is 9.85. The Balaban J connectivity index is 1.72. The Morgan fingerprint density at radius 2 is 1.88 bits per heavy atom. The van der Waals surface area contributed by atoms with Crippen molar-refractivity contribution in [3.63, 3.8) is 0 Å². The molecule has 0 radical (unpaired) electrons. The van der Waals surface area contributed by atoms with Crippen LogP contribution in [0.5, 0.6) is 0 Å². The van der Waals surface area contributed by atoms with Gasteiger partial charge in [-0.05, 0) is 30.7 Å². The molecule has 0 saturated carbocycles. The molecule has 2 aromatic heterocycles. The molecule has 172 valence electrons. The number of amides is 1. The lowest BCUT2D eigenvalue weighted by molar-refractivity contribution is -0.166. The van der Waals surface area contributed by atoms with Crippen LogP contribution in [0.3, 0.4) is 0 Å². The standard InChI is InChI=1S/C25H22N4O4S/c1-24-21-27-19-10-6-4-8-17(19)20(30)29(21)25(23(32)33-2,22(31)28(24)11-12-34-24)13-15-14-26-18-9-5-3-7-16(15)18/h3-10,14,26H,11-13H2,1-2H3/t24-,25-/m0/s1. The van der Waals surface area contributed by atoms with Crippen LogP contribution in [0.25, 0.3) is 21.8 Å². The number of carbonyl (C=O) groups excluding carboxylic acids is 2. The van der Waals surface area contributed by atoms with Crippen molar-refractivity contribution in [3.8, 4) is 0 Å². The highest BCUT2D eigenvalue weighted by atomic mass is 32.2. The predicted molar refractivity (Wildman–Crippen MR) is 130 cm³/mol. The number of nitrogens with one attached hydrogen (secondary N) is 1. The van der Waals surface area contributed by atoms with Crippen LogP contribution in [0.1, 0.15) is 18.3 Å². The summed E-state index contributed by atoms with van der Waals surface area (Å²) in [6, 6.07) is 14.7. The van der Waals surface area contributed by atoms with Crippen LogP contribution in [0, 0.1) is 0 Å². The molecule has 1 N–H and O–H groups in total. The van der Waals surface area contributed by atoms with E-state index in [2.05, 4.69) is 4.98 Å². The largest absolute Gasteiger partial charge is 0.467 e. The molecule has 0 bridgehead atoms. The van der Waals surface area contributed by atoms with Crippen LogP contribution in [0.4, 0.5) is 0 Å².